The number of ether oxygens (including phenoxy) is 1. The molecule has 3 aromatic rings. The number of carbonyl (C=O) groups is 1. The van der Waals surface area contributed by atoms with Gasteiger partial charge in [-0.15, -0.1) is 0 Å². The van der Waals surface area contributed by atoms with Gasteiger partial charge in [-0.25, -0.2) is 4.79 Å². The van der Waals surface area contributed by atoms with Gasteiger partial charge in [0.2, 0.25) is 0 Å². The van der Waals surface area contributed by atoms with Gasteiger partial charge in [0.1, 0.15) is 5.75 Å². The Labute approximate surface area is 158 Å². The molecule has 3 rings (SSSR count). The van der Waals surface area contributed by atoms with Crippen LogP contribution in [0.2, 0.25) is 0 Å². The zero-order valence-corrected chi connectivity index (χ0v) is 15.1. The maximum Gasteiger partial charge on any atom is 0.332 e. The fraction of sp³-hybridized carbons (Fsp3) is 0.174. The van der Waals surface area contributed by atoms with E-state index in [4.69, 9.17) is 4.74 Å². The quantitative estimate of drug-likeness (QED) is 0.626. The van der Waals surface area contributed by atoms with Crippen molar-refractivity contribution in [2.45, 2.75) is 17.9 Å². The fourth-order valence-corrected chi connectivity index (χ4v) is 3.55. The lowest BCUT2D eigenvalue weighted by molar-refractivity contribution is -0.147. The summed E-state index contributed by atoms with van der Waals surface area (Å²) < 4.78 is 5.27. The summed E-state index contributed by atoms with van der Waals surface area (Å²) >= 11 is 0. The zero-order valence-electron chi connectivity index (χ0n) is 15.1. The molecule has 2 N–H and O–H groups in total. The molecule has 3 aromatic carbocycles. The van der Waals surface area contributed by atoms with Crippen molar-refractivity contribution in [2.75, 3.05) is 7.11 Å². The molecule has 0 radical (unpaired) electrons. The Morgan fingerprint density at radius 3 is 1.70 bits per heavy atom. The second-order valence-electron chi connectivity index (χ2n) is 6.42. The molecule has 4 nitrogen and oxygen atoms in total. The summed E-state index contributed by atoms with van der Waals surface area (Å²) in [4.78, 5) is 11.5. The minimum absolute atomic E-state index is 0.0166. The second kappa shape index (κ2) is 8.06. The predicted molar refractivity (Wildman–Crippen MR) is 104 cm³/mol. The summed E-state index contributed by atoms with van der Waals surface area (Å²) in [6, 6.07) is 26.9. The van der Waals surface area contributed by atoms with Gasteiger partial charge in [0.05, 0.1) is 7.11 Å². The van der Waals surface area contributed by atoms with Crippen LogP contribution >= 0.6 is 0 Å². The van der Waals surface area contributed by atoms with Crippen LogP contribution in [-0.4, -0.2) is 29.4 Å². The molecule has 0 saturated heterocycles. The van der Waals surface area contributed by atoms with Gasteiger partial charge >= 0.3 is 5.97 Å². The monoisotopic (exact) mass is 362 g/mol. The van der Waals surface area contributed by atoms with Crippen molar-refractivity contribution >= 4 is 5.97 Å². The normalized spacial score (nSPS) is 12.4. The van der Waals surface area contributed by atoms with E-state index in [0.29, 0.717) is 5.75 Å². The second-order valence-corrected chi connectivity index (χ2v) is 6.42. The molecule has 0 aliphatic carbocycles. The van der Waals surface area contributed by atoms with Crippen LogP contribution in [0, 0.1) is 0 Å². The number of aliphatic hydroxyl groups excluding tert-OH is 1. The van der Waals surface area contributed by atoms with Gasteiger partial charge in [-0.3, -0.25) is 0 Å². The maximum atomic E-state index is 11.5. The van der Waals surface area contributed by atoms with E-state index in [1.54, 1.807) is 7.11 Å². The highest BCUT2D eigenvalue weighted by Gasteiger charge is 2.39. The average Bonchev–Trinajstić information content (AvgIpc) is 2.73. The van der Waals surface area contributed by atoms with E-state index >= 15 is 0 Å². The minimum Gasteiger partial charge on any atom is -0.497 e. The van der Waals surface area contributed by atoms with E-state index in [-0.39, 0.29) is 6.42 Å². The molecule has 138 valence electrons. The van der Waals surface area contributed by atoms with Crippen LogP contribution in [0.1, 0.15) is 23.1 Å². The number of methoxy groups -OCH3 is 1. The third-order valence-corrected chi connectivity index (χ3v) is 4.90. The Bertz CT molecular complexity index is 834. The summed E-state index contributed by atoms with van der Waals surface area (Å²) in [6.07, 6.45) is -1.49. The van der Waals surface area contributed by atoms with Crippen molar-refractivity contribution in [1.29, 1.82) is 0 Å². The van der Waals surface area contributed by atoms with Crippen LogP contribution in [-0.2, 0) is 10.2 Å². The van der Waals surface area contributed by atoms with E-state index in [2.05, 4.69) is 0 Å². The molecule has 0 saturated carbocycles. The van der Waals surface area contributed by atoms with E-state index in [1.807, 2.05) is 84.9 Å². The first-order valence-corrected chi connectivity index (χ1v) is 8.74. The molecule has 27 heavy (non-hydrogen) atoms. The summed E-state index contributed by atoms with van der Waals surface area (Å²) in [5.74, 6) is -0.521. The van der Waals surface area contributed by atoms with Crippen LogP contribution in [0.5, 0.6) is 5.75 Å². The number of hydrogen-bond acceptors (Lipinski definition) is 3. The molecule has 0 spiro atoms. The highest BCUT2D eigenvalue weighted by molar-refractivity contribution is 5.73. The molecular formula is C23H22O4. The van der Waals surface area contributed by atoms with E-state index in [9.17, 15) is 15.0 Å². The predicted octanol–water partition coefficient (Wildman–Crippen LogP) is 3.87. The summed E-state index contributed by atoms with van der Waals surface area (Å²) in [6.45, 7) is 0. The van der Waals surface area contributed by atoms with Crippen LogP contribution in [0.4, 0.5) is 0 Å². The van der Waals surface area contributed by atoms with E-state index < -0.39 is 17.5 Å². The van der Waals surface area contributed by atoms with Crippen molar-refractivity contribution in [3.05, 3.63) is 102 Å². The van der Waals surface area contributed by atoms with Crippen molar-refractivity contribution in [2.24, 2.45) is 0 Å². The maximum absolute atomic E-state index is 11.5. The number of hydrogen-bond donors (Lipinski definition) is 2. The molecule has 1 atom stereocenters. The van der Waals surface area contributed by atoms with Crippen molar-refractivity contribution in [1.82, 2.24) is 0 Å². The number of rotatable bonds is 7. The molecular weight excluding hydrogens is 340 g/mol. The number of aliphatic hydroxyl groups is 1. The van der Waals surface area contributed by atoms with Crippen molar-refractivity contribution in [3.63, 3.8) is 0 Å². The summed E-state index contributed by atoms with van der Waals surface area (Å²) in [5.41, 5.74) is 1.91. The summed E-state index contributed by atoms with van der Waals surface area (Å²) in [7, 11) is 1.60. The highest BCUT2D eigenvalue weighted by Crippen LogP contribution is 2.43. The minimum atomic E-state index is -1.51. The summed E-state index contributed by atoms with van der Waals surface area (Å²) in [5, 5.41) is 19.7. The molecule has 0 aliphatic rings. The van der Waals surface area contributed by atoms with Crippen molar-refractivity contribution < 1.29 is 19.7 Å². The van der Waals surface area contributed by atoms with Gasteiger partial charge in [-0.05, 0) is 28.8 Å². The topological polar surface area (TPSA) is 66.8 Å². The Kier molecular flexibility index (Phi) is 5.57. The fourth-order valence-electron chi connectivity index (χ4n) is 3.55. The molecule has 0 amide bonds. The first-order chi connectivity index (χ1) is 13.1. The Hall–Kier alpha value is -3.11. The molecule has 0 heterocycles. The molecule has 0 aromatic heterocycles. The lowest BCUT2D eigenvalue weighted by Gasteiger charge is -2.37. The largest absolute Gasteiger partial charge is 0.497 e. The van der Waals surface area contributed by atoms with Gasteiger partial charge in [0.25, 0.3) is 0 Å². The first kappa shape index (κ1) is 18.7. The van der Waals surface area contributed by atoms with Gasteiger partial charge < -0.3 is 14.9 Å². The number of carboxylic acids is 1. The van der Waals surface area contributed by atoms with Crippen LogP contribution in [0.25, 0.3) is 0 Å². The lowest BCUT2D eigenvalue weighted by Crippen LogP contribution is -2.36. The van der Waals surface area contributed by atoms with Gasteiger partial charge in [-0.1, -0.05) is 72.8 Å². The average molecular weight is 362 g/mol. The zero-order chi connectivity index (χ0) is 19.3. The van der Waals surface area contributed by atoms with Crippen LogP contribution in [0.3, 0.4) is 0 Å². The molecule has 0 bridgehead atoms. The smallest absolute Gasteiger partial charge is 0.332 e. The van der Waals surface area contributed by atoms with E-state index in [1.165, 1.54) is 0 Å². The molecule has 1 unspecified atom stereocenters. The standard InChI is InChI=1S/C23H22O4/c1-27-20-14-12-19(13-15-20)23(16-21(24)22(25)26,17-8-4-2-5-9-17)18-10-6-3-7-11-18/h2-15,21,24H,16H2,1H3,(H,25,26). The third kappa shape index (κ3) is 3.71. The first-order valence-electron chi connectivity index (χ1n) is 8.74. The van der Waals surface area contributed by atoms with Crippen LogP contribution < -0.4 is 4.74 Å². The van der Waals surface area contributed by atoms with E-state index in [0.717, 1.165) is 16.7 Å². The molecule has 4 heteroatoms. The van der Waals surface area contributed by atoms with Gasteiger partial charge in [-0.2, -0.15) is 0 Å². The SMILES string of the molecule is COc1ccc(C(CC(O)C(=O)O)(c2ccccc2)c2ccccc2)cc1. The highest BCUT2D eigenvalue weighted by atomic mass is 16.5. The molecule has 0 fully saturated rings. The molecule has 0 aliphatic heterocycles. The lowest BCUT2D eigenvalue weighted by atomic mass is 9.66. The Morgan fingerprint density at radius 2 is 1.30 bits per heavy atom. The van der Waals surface area contributed by atoms with Crippen molar-refractivity contribution in [3.8, 4) is 5.75 Å². The van der Waals surface area contributed by atoms with Crippen LogP contribution in [0.15, 0.2) is 84.9 Å². The van der Waals surface area contributed by atoms with Gasteiger partial charge in [0, 0.05) is 11.8 Å². The third-order valence-electron chi connectivity index (χ3n) is 4.90. The number of benzene rings is 3. The number of aliphatic carboxylic acids is 1. The Morgan fingerprint density at radius 1 is 0.852 bits per heavy atom. The number of carboxylic acid groups (broad SMARTS) is 1. The van der Waals surface area contributed by atoms with Gasteiger partial charge in [0.15, 0.2) is 6.10 Å². The Balaban J connectivity index is 2.28.